The van der Waals surface area contributed by atoms with Crippen LogP contribution >= 0.6 is 45.2 Å². The largest absolute Gasteiger partial charge is 0.506 e. The summed E-state index contributed by atoms with van der Waals surface area (Å²) in [4.78, 5) is 11.7. The molecule has 0 atom stereocenters. The first kappa shape index (κ1) is 18.0. The van der Waals surface area contributed by atoms with E-state index >= 15 is 0 Å². The van der Waals surface area contributed by atoms with Gasteiger partial charge in [-0.2, -0.15) is 5.10 Å². The van der Waals surface area contributed by atoms with E-state index in [1.54, 1.807) is 6.07 Å². The summed E-state index contributed by atoms with van der Waals surface area (Å²) >= 11 is 4.21. The number of hydrazone groups is 1. The Hall–Kier alpha value is -1.36. The van der Waals surface area contributed by atoms with E-state index in [-0.39, 0.29) is 18.2 Å². The summed E-state index contributed by atoms with van der Waals surface area (Å²) in [6.45, 7) is 2.13. The summed E-state index contributed by atoms with van der Waals surface area (Å²) in [6.07, 6.45) is 1.43. The molecule has 0 radical (unpaired) electrons. The molecule has 0 saturated carbocycles. The highest BCUT2D eigenvalue weighted by atomic mass is 127. The van der Waals surface area contributed by atoms with Gasteiger partial charge in [-0.05, 0) is 76.4 Å². The summed E-state index contributed by atoms with van der Waals surface area (Å²) < 4.78 is 1.72. The summed E-state index contributed by atoms with van der Waals surface area (Å²) in [5, 5.41) is 16.8. The molecule has 0 unspecified atom stereocenters. The Balaban J connectivity index is 1.88. The number of aromatic hydroxyl groups is 1. The molecule has 0 aliphatic heterocycles. The predicted molar refractivity (Wildman–Crippen MR) is 109 cm³/mol. The maximum Gasteiger partial charge on any atom is 0.259 e. The van der Waals surface area contributed by atoms with E-state index < -0.39 is 0 Å². The lowest BCUT2D eigenvalue weighted by Gasteiger charge is -2.06. The molecule has 2 rings (SSSR count). The number of hydrogen-bond donors (Lipinski definition) is 3. The van der Waals surface area contributed by atoms with E-state index in [4.69, 9.17) is 0 Å². The molecule has 0 aliphatic rings. The van der Waals surface area contributed by atoms with E-state index in [2.05, 4.69) is 38.4 Å². The topological polar surface area (TPSA) is 73.7 Å². The van der Waals surface area contributed by atoms with Crippen molar-refractivity contribution < 1.29 is 9.90 Å². The molecule has 0 bridgehead atoms. The van der Waals surface area contributed by atoms with Gasteiger partial charge in [0, 0.05) is 14.8 Å². The van der Waals surface area contributed by atoms with Gasteiger partial charge in [0.2, 0.25) is 0 Å². The van der Waals surface area contributed by atoms with Gasteiger partial charge in [-0.1, -0.05) is 17.7 Å². The van der Waals surface area contributed by atoms with Gasteiger partial charge in [0.15, 0.2) is 0 Å². The lowest BCUT2D eigenvalue weighted by molar-refractivity contribution is -0.119. The standard InChI is InChI=1S/C16H15I2N3O2/c1-10-2-4-13(5-3-10)19-9-15(22)21-20-8-11-6-12(17)7-14(18)16(11)23/h2-8,19,23H,9H2,1H3,(H,21,22)/b20-8+. The van der Waals surface area contributed by atoms with Crippen LogP contribution in [-0.2, 0) is 4.79 Å². The lowest BCUT2D eigenvalue weighted by Crippen LogP contribution is -2.25. The van der Waals surface area contributed by atoms with Gasteiger partial charge in [-0.3, -0.25) is 4.79 Å². The number of benzene rings is 2. The molecule has 3 N–H and O–H groups in total. The molecule has 0 fully saturated rings. The Labute approximate surface area is 161 Å². The smallest absolute Gasteiger partial charge is 0.259 e. The molecular weight excluding hydrogens is 520 g/mol. The van der Waals surface area contributed by atoms with Crippen LogP contribution in [0, 0.1) is 14.1 Å². The Bertz CT molecular complexity index is 731. The SMILES string of the molecule is Cc1ccc(NCC(=O)N/N=C/c2cc(I)cc(I)c2O)cc1. The van der Waals surface area contributed by atoms with Crippen LogP contribution in [0.4, 0.5) is 5.69 Å². The lowest BCUT2D eigenvalue weighted by atomic mass is 10.2. The number of halogens is 2. The minimum atomic E-state index is -0.262. The Morgan fingerprint density at radius 1 is 1.26 bits per heavy atom. The number of phenols is 1. The van der Waals surface area contributed by atoms with Gasteiger partial charge >= 0.3 is 0 Å². The first-order valence-electron chi connectivity index (χ1n) is 6.76. The fourth-order valence-electron chi connectivity index (χ4n) is 1.75. The van der Waals surface area contributed by atoms with Crippen LogP contribution in [0.3, 0.4) is 0 Å². The monoisotopic (exact) mass is 535 g/mol. The van der Waals surface area contributed by atoms with E-state index in [0.29, 0.717) is 5.56 Å². The Kier molecular flexibility index (Phi) is 6.63. The molecule has 5 nitrogen and oxygen atoms in total. The van der Waals surface area contributed by atoms with Crippen LogP contribution in [0.15, 0.2) is 41.5 Å². The van der Waals surface area contributed by atoms with Crippen molar-refractivity contribution in [2.75, 3.05) is 11.9 Å². The summed E-state index contributed by atoms with van der Waals surface area (Å²) in [5.74, 6) is -0.108. The first-order valence-corrected chi connectivity index (χ1v) is 8.92. The van der Waals surface area contributed by atoms with Gasteiger partial charge in [-0.15, -0.1) is 0 Å². The molecule has 120 valence electrons. The Morgan fingerprint density at radius 3 is 2.65 bits per heavy atom. The van der Waals surface area contributed by atoms with E-state index in [0.717, 1.165) is 18.4 Å². The number of phenolic OH excluding ortho intramolecular Hbond substituents is 1. The van der Waals surface area contributed by atoms with E-state index in [1.807, 2.05) is 59.8 Å². The van der Waals surface area contributed by atoms with Crippen LogP contribution < -0.4 is 10.7 Å². The molecular formula is C16H15I2N3O2. The van der Waals surface area contributed by atoms with Crippen molar-refractivity contribution in [1.29, 1.82) is 0 Å². The third-order valence-electron chi connectivity index (χ3n) is 2.96. The number of nitrogens with zero attached hydrogens (tertiary/aromatic N) is 1. The van der Waals surface area contributed by atoms with Crippen molar-refractivity contribution in [3.05, 3.63) is 54.7 Å². The molecule has 0 spiro atoms. The van der Waals surface area contributed by atoms with Gasteiger partial charge in [0.1, 0.15) is 5.75 Å². The van der Waals surface area contributed by atoms with Crippen LogP contribution in [0.25, 0.3) is 0 Å². The fourth-order valence-corrected chi connectivity index (χ4v) is 3.64. The van der Waals surface area contributed by atoms with E-state index in [9.17, 15) is 9.90 Å². The predicted octanol–water partition coefficient (Wildman–Crippen LogP) is 3.47. The van der Waals surface area contributed by atoms with Crippen molar-refractivity contribution in [3.8, 4) is 5.75 Å². The molecule has 2 aromatic carbocycles. The van der Waals surface area contributed by atoms with Gasteiger partial charge in [0.25, 0.3) is 5.91 Å². The highest BCUT2D eigenvalue weighted by Gasteiger charge is 2.05. The number of carbonyl (C=O) groups excluding carboxylic acids is 1. The third-order valence-corrected chi connectivity index (χ3v) is 4.40. The van der Waals surface area contributed by atoms with Crippen LogP contribution in [0.5, 0.6) is 5.75 Å². The molecule has 1 amide bonds. The number of amides is 1. The number of rotatable bonds is 5. The van der Waals surface area contributed by atoms with Crippen molar-refractivity contribution in [2.24, 2.45) is 5.10 Å². The summed E-state index contributed by atoms with van der Waals surface area (Å²) in [5.41, 5.74) is 5.03. The number of nitrogens with one attached hydrogen (secondary N) is 2. The molecule has 0 aromatic heterocycles. The number of carbonyl (C=O) groups is 1. The zero-order valence-electron chi connectivity index (χ0n) is 12.3. The van der Waals surface area contributed by atoms with Gasteiger partial charge < -0.3 is 10.4 Å². The van der Waals surface area contributed by atoms with Crippen molar-refractivity contribution in [1.82, 2.24) is 5.43 Å². The second-order valence-corrected chi connectivity index (χ2v) is 7.25. The van der Waals surface area contributed by atoms with Crippen molar-refractivity contribution in [2.45, 2.75) is 6.92 Å². The second kappa shape index (κ2) is 8.48. The summed E-state index contributed by atoms with van der Waals surface area (Å²) in [6, 6.07) is 11.4. The van der Waals surface area contributed by atoms with Gasteiger partial charge in [-0.25, -0.2) is 5.43 Å². The minimum absolute atomic E-state index is 0.121. The number of anilines is 1. The molecule has 0 saturated heterocycles. The number of aryl methyl sites for hydroxylation is 1. The molecule has 0 aliphatic carbocycles. The zero-order chi connectivity index (χ0) is 16.8. The molecule has 7 heteroatoms. The Morgan fingerprint density at radius 2 is 1.96 bits per heavy atom. The average molecular weight is 535 g/mol. The quantitative estimate of drug-likeness (QED) is 0.312. The normalized spacial score (nSPS) is 10.7. The maximum atomic E-state index is 11.7. The average Bonchev–Trinajstić information content (AvgIpc) is 2.51. The highest BCUT2D eigenvalue weighted by molar-refractivity contribution is 14.1. The van der Waals surface area contributed by atoms with Crippen LogP contribution in [0.1, 0.15) is 11.1 Å². The molecule has 23 heavy (non-hydrogen) atoms. The van der Waals surface area contributed by atoms with Gasteiger partial charge in [0.05, 0.1) is 16.3 Å². The minimum Gasteiger partial charge on any atom is -0.506 e. The van der Waals surface area contributed by atoms with Crippen molar-refractivity contribution in [3.63, 3.8) is 0 Å². The zero-order valence-corrected chi connectivity index (χ0v) is 16.6. The number of hydrogen-bond acceptors (Lipinski definition) is 4. The molecule has 0 heterocycles. The maximum absolute atomic E-state index is 11.7. The van der Waals surface area contributed by atoms with E-state index in [1.165, 1.54) is 6.21 Å². The third kappa shape index (κ3) is 5.65. The van der Waals surface area contributed by atoms with Crippen molar-refractivity contribution >= 4 is 63.0 Å². The van der Waals surface area contributed by atoms with Crippen LogP contribution in [-0.4, -0.2) is 23.8 Å². The summed E-state index contributed by atoms with van der Waals surface area (Å²) in [7, 11) is 0. The molecule has 2 aromatic rings. The first-order chi connectivity index (χ1) is 11.0. The highest BCUT2D eigenvalue weighted by Crippen LogP contribution is 2.25. The fraction of sp³-hybridized carbons (Fsp3) is 0.125. The van der Waals surface area contributed by atoms with Crippen LogP contribution in [0.2, 0.25) is 0 Å². The second-order valence-electron chi connectivity index (χ2n) is 4.84.